The minimum Gasteiger partial charge on any atom is -0.478 e. The van der Waals surface area contributed by atoms with Crippen LogP contribution in [0.4, 0.5) is 0 Å². The lowest BCUT2D eigenvalue weighted by Gasteiger charge is -2.19. The average Bonchev–Trinajstić information content (AvgIpc) is 3.00. The number of carbonyl (C=O) groups is 1. The van der Waals surface area contributed by atoms with Crippen molar-refractivity contribution in [3.8, 4) is 0 Å². The summed E-state index contributed by atoms with van der Waals surface area (Å²) in [6.45, 7) is 5.93. The standard InChI is InChI=1S/C12H21NO2/c1-3-8-13(11-5-6-11)9-7-10(4-2)12(14)15/h7,11H,3-6,8-9H2,1-2H3,(H,14,15). The Balaban J connectivity index is 2.46. The van der Waals surface area contributed by atoms with E-state index in [0.29, 0.717) is 18.0 Å². The molecule has 0 atom stereocenters. The van der Waals surface area contributed by atoms with Crippen molar-refractivity contribution in [2.45, 2.75) is 45.6 Å². The van der Waals surface area contributed by atoms with Crippen LogP contribution in [0.15, 0.2) is 11.6 Å². The van der Waals surface area contributed by atoms with Crippen LogP contribution in [0.25, 0.3) is 0 Å². The van der Waals surface area contributed by atoms with Crippen LogP contribution in [0.5, 0.6) is 0 Å². The Kier molecular flexibility index (Phi) is 4.82. The summed E-state index contributed by atoms with van der Waals surface area (Å²) in [4.78, 5) is 13.2. The minimum absolute atomic E-state index is 0.539. The number of hydrogen-bond acceptors (Lipinski definition) is 2. The minimum atomic E-state index is -0.773. The van der Waals surface area contributed by atoms with E-state index >= 15 is 0 Å². The van der Waals surface area contributed by atoms with E-state index in [4.69, 9.17) is 5.11 Å². The molecule has 1 rings (SSSR count). The molecule has 1 N–H and O–H groups in total. The molecule has 1 aliphatic rings. The van der Waals surface area contributed by atoms with Crippen molar-refractivity contribution in [3.05, 3.63) is 11.6 Å². The Morgan fingerprint density at radius 2 is 2.13 bits per heavy atom. The fraction of sp³-hybridized carbons (Fsp3) is 0.750. The topological polar surface area (TPSA) is 40.5 Å². The molecule has 0 amide bonds. The van der Waals surface area contributed by atoms with Crippen LogP contribution >= 0.6 is 0 Å². The molecular weight excluding hydrogens is 190 g/mol. The van der Waals surface area contributed by atoms with Crippen molar-refractivity contribution in [2.75, 3.05) is 13.1 Å². The fourth-order valence-electron chi connectivity index (χ4n) is 1.76. The third-order valence-corrected chi connectivity index (χ3v) is 2.80. The lowest BCUT2D eigenvalue weighted by molar-refractivity contribution is -0.132. The summed E-state index contributed by atoms with van der Waals surface area (Å²) in [5, 5.41) is 8.88. The summed E-state index contributed by atoms with van der Waals surface area (Å²) in [6.07, 6.45) is 6.18. The van der Waals surface area contributed by atoms with E-state index in [1.54, 1.807) is 0 Å². The highest BCUT2D eigenvalue weighted by Gasteiger charge is 2.27. The first-order valence-corrected chi connectivity index (χ1v) is 5.85. The molecule has 0 radical (unpaired) electrons. The second kappa shape index (κ2) is 5.91. The van der Waals surface area contributed by atoms with Gasteiger partial charge in [0.05, 0.1) is 0 Å². The van der Waals surface area contributed by atoms with Crippen molar-refractivity contribution < 1.29 is 9.90 Å². The Morgan fingerprint density at radius 3 is 2.53 bits per heavy atom. The van der Waals surface area contributed by atoms with Gasteiger partial charge in [-0.15, -0.1) is 0 Å². The van der Waals surface area contributed by atoms with Crippen LogP contribution in [0, 0.1) is 0 Å². The van der Waals surface area contributed by atoms with Gasteiger partial charge in [0.25, 0.3) is 0 Å². The van der Waals surface area contributed by atoms with E-state index in [-0.39, 0.29) is 0 Å². The third kappa shape index (κ3) is 4.04. The van der Waals surface area contributed by atoms with Gasteiger partial charge in [-0.05, 0) is 32.2 Å². The van der Waals surface area contributed by atoms with Crippen LogP contribution in [0.1, 0.15) is 39.5 Å². The Hall–Kier alpha value is -0.830. The van der Waals surface area contributed by atoms with E-state index in [9.17, 15) is 4.79 Å². The molecule has 0 bridgehead atoms. The van der Waals surface area contributed by atoms with Crippen LogP contribution in [0.2, 0.25) is 0 Å². The van der Waals surface area contributed by atoms with E-state index in [1.165, 1.54) is 12.8 Å². The Bertz CT molecular complexity index is 244. The van der Waals surface area contributed by atoms with Gasteiger partial charge >= 0.3 is 5.97 Å². The molecule has 0 aromatic heterocycles. The third-order valence-electron chi connectivity index (χ3n) is 2.80. The first-order chi connectivity index (χ1) is 7.19. The maximum atomic E-state index is 10.8. The zero-order valence-corrected chi connectivity index (χ0v) is 9.70. The molecule has 0 aromatic carbocycles. The second-order valence-corrected chi connectivity index (χ2v) is 4.11. The molecule has 1 fully saturated rings. The lowest BCUT2D eigenvalue weighted by atomic mass is 10.2. The highest BCUT2D eigenvalue weighted by Crippen LogP contribution is 2.26. The highest BCUT2D eigenvalue weighted by molar-refractivity contribution is 5.86. The summed E-state index contributed by atoms with van der Waals surface area (Å²) in [5.41, 5.74) is 0.539. The number of nitrogens with zero attached hydrogens (tertiary/aromatic N) is 1. The van der Waals surface area contributed by atoms with E-state index in [1.807, 2.05) is 13.0 Å². The van der Waals surface area contributed by atoms with Crippen LogP contribution in [0.3, 0.4) is 0 Å². The summed E-state index contributed by atoms with van der Waals surface area (Å²) in [7, 11) is 0. The number of aliphatic carboxylic acids is 1. The van der Waals surface area contributed by atoms with Crippen LogP contribution in [-0.2, 0) is 4.79 Å². The molecule has 0 aliphatic heterocycles. The van der Waals surface area contributed by atoms with Crippen LogP contribution in [-0.4, -0.2) is 35.1 Å². The number of carboxylic acid groups (broad SMARTS) is 1. The van der Waals surface area contributed by atoms with E-state index in [0.717, 1.165) is 19.5 Å². The molecule has 3 heteroatoms. The van der Waals surface area contributed by atoms with Gasteiger partial charge in [-0.2, -0.15) is 0 Å². The van der Waals surface area contributed by atoms with Gasteiger partial charge in [-0.3, -0.25) is 4.90 Å². The van der Waals surface area contributed by atoms with E-state index in [2.05, 4.69) is 11.8 Å². The van der Waals surface area contributed by atoms with Crippen molar-refractivity contribution >= 4 is 5.97 Å². The molecule has 86 valence electrons. The maximum absolute atomic E-state index is 10.8. The highest BCUT2D eigenvalue weighted by atomic mass is 16.4. The van der Waals surface area contributed by atoms with Gasteiger partial charge in [-0.1, -0.05) is 19.9 Å². The predicted octanol–water partition coefficient (Wildman–Crippen LogP) is 2.28. The quantitative estimate of drug-likeness (QED) is 0.657. The molecule has 1 aliphatic carbocycles. The lowest BCUT2D eigenvalue weighted by Crippen LogP contribution is -2.27. The molecule has 0 saturated heterocycles. The molecule has 0 aromatic rings. The van der Waals surface area contributed by atoms with Crippen molar-refractivity contribution in [3.63, 3.8) is 0 Å². The molecular formula is C12H21NO2. The van der Waals surface area contributed by atoms with Crippen molar-refractivity contribution in [2.24, 2.45) is 0 Å². The average molecular weight is 211 g/mol. The Morgan fingerprint density at radius 1 is 1.47 bits per heavy atom. The SMILES string of the molecule is CCCN(CC=C(CC)C(=O)O)C1CC1. The van der Waals surface area contributed by atoms with Gasteiger partial charge in [-0.25, -0.2) is 4.79 Å². The molecule has 0 spiro atoms. The first kappa shape index (κ1) is 12.2. The summed E-state index contributed by atoms with van der Waals surface area (Å²) in [5.74, 6) is -0.773. The zero-order valence-electron chi connectivity index (χ0n) is 9.70. The molecule has 3 nitrogen and oxygen atoms in total. The number of hydrogen-bond donors (Lipinski definition) is 1. The molecule has 15 heavy (non-hydrogen) atoms. The second-order valence-electron chi connectivity index (χ2n) is 4.11. The van der Waals surface area contributed by atoms with Gasteiger partial charge in [0.15, 0.2) is 0 Å². The van der Waals surface area contributed by atoms with E-state index < -0.39 is 5.97 Å². The number of carboxylic acids is 1. The zero-order chi connectivity index (χ0) is 11.3. The summed E-state index contributed by atoms with van der Waals surface area (Å²) in [6, 6.07) is 0.716. The Labute approximate surface area is 91.8 Å². The maximum Gasteiger partial charge on any atom is 0.331 e. The smallest absolute Gasteiger partial charge is 0.331 e. The first-order valence-electron chi connectivity index (χ1n) is 5.85. The summed E-state index contributed by atoms with van der Waals surface area (Å²) >= 11 is 0. The van der Waals surface area contributed by atoms with Gasteiger partial charge in [0.2, 0.25) is 0 Å². The fourth-order valence-corrected chi connectivity index (χ4v) is 1.76. The van der Waals surface area contributed by atoms with Crippen molar-refractivity contribution in [1.82, 2.24) is 4.90 Å². The normalized spacial score (nSPS) is 17.1. The van der Waals surface area contributed by atoms with Gasteiger partial charge in [0.1, 0.15) is 0 Å². The van der Waals surface area contributed by atoms with Crippen molar-refractivity contribution in [1.29, 1.82) is 0 Å². The predicted molar refractivity (Wildman–Crippen MR) is 60.9 cm³/mol. The van der Waals surface area contributed by atoms with Gasteiger partial charge < -0.3 is 5.11 Å². The monoisotopic (exact) mass is 211 g/mol. The molecule has 1 saturated carbocycles. The van der Waals surface area contributed by atoms with Crippen LogP contribution < -0.4 is 0 Å². The number of rotatable bonds is 7. The largest absolute Gasteiger partial charge is 0.478 e. The summed E-state index contributed by atoms with van der Waals surface area (Å²) < 4.78 is 0. The molecule has 0 unspecified atom stereocenters. The molecule has 0 heterocycles. The van der Waals surface area contributed by atoms with Gasteiger partial charge in [0, 0.05) is 18.2 Å².